The Morgan fingerprint density at radius 2 is 2.05 bits per heavy atom. The van der Waals surface area contributed by atoms with Gasteiger partial charge in [0.05, 0.1) is 11.1 Å². The number of halogens is 2. The van der Waals surface area contributed by atoms with E-state index in [1.165, 1.54) is 24.3 Å². The van der Waals surface area contributed by atoms with Gasteiger partial charge in [-0.15, -0.1) is 0 Å². The van der Waals surface area contributed by atoms with Crippen LogP contribution >= 0.6 is 11.6 Å². The number of aryl methyl sites for hydroxylation is 1. The van der Waals surface area contributed by atoms with E-state index in [-0.39, 0.29) is 10.6 Å². The average Bonchev–Trinajstić information content (AvgIpc) is 2.41. The Hall–Kier alpha value is -2.14. The second kappa shape index (κ2) is 6.10. The van der Waals surface area contributed by atoms with Crippen LogP contribution in [0, 0.1) is 12.7 Å². The Balaban J connectivity index is 2.18. The number of rotatable bonds is 3. The lowest BCUT2D eigenvalue weighted by Gasteiger charge is -2.14. The van der Waals surface area contributed by atoms with Crippen molar-refractivity contribution < 1.29 is 9.18 Å². The van der Waals surface area contributed by atoms with E-state index in [9.17, 15) is 14.0 Å². The molecule has 0 spiro atoms. The molecule has 1 aromatic carbocycles. The maximum Gasteiger partial charge on any atom is 0.260 e. The standard InChI is InChI=1S/C15H14ClFN2O2/c1-8-3-5-11(14(20)18-8)15(21)19-9(2)10-4-6-13(17)12(16)7-10/h3-7,9H,1-2H3,(H,18,20)(H,19,21). The minimum Gasteiger partial charge on any atom is -0.345 e. The van der Waals surface area contributed by atoms with E-state index in [4.69, 9.17) is 11.6 Å². The van der Waals surface area contributed by atoms with E-state index >= 15 is 0 Å². The SMILES string of the molecule is Cc1ccc(C(=O)NC(C)c2ccc(F)c(Cl)c2)c(=O)[nH]1. The smallest absolute Gasteiger partial charge is 0.260 e. The lowest BCUT2D eigenvalue weighted by Crippen LogP contribution is -2.31. The molecule has 0 fully saturated rings. The van der Waals surface area contributed by atoms with Gasteiger partial charge in [0.2, 0.25) is 0 Å². The van der Waals surface area contributed by atoms with Crippen LogP contribution in [0.1, 0.15) is 34.6 Å². The van der Waals surface area contributed by atoms with Crippen LogP contribution < -0.4 is 10.9 Å². The number of benzene rings is 1. The maximum absolute atomic E-state index is 13.1. The first kappa shape index (κ1) is 15.3. The van der Waals surface area contributed by atoms with Crippen molar-refractivity contribution in [2.24, 2.45) is 0 Å². The molecule has 110 valence electrons. The Bertz CT molecular complexity index is 743. The van der Waals surface area contributed by atoms with Crippen LogP contribution in [0.4, 0.5) is 4.39 Å². The van der Waals surface area contributed by atoms with Crippen molar-refractivity contribution in [3.05, 3.63) is 68.3 Å². The summed E-state index contributed by atoms with van der Waals surface area (Å²) in [6.07, 6.45) is 0. The van der Waals surface area contributed by atoms with Crippen molar-refractivity contribution in [3.63, 3.8) is 0 Å². The highest BCUT2D eigenvalue weighted by Gasteiger charge is 2.15. The van der Waals surface area contributed by atoms with E-state index in [0.29, 0.717) is 11.3 Å². The topological polar surface area (TPSA) is 62.0 Å². The van der Waals surface area contributed by atoms with Crippen LogP contribution in [-0.2, 0) is 0 Å². The van der Waals surface area contributed by atoms with E-state index < -0.39 is 23.3 Å². The second-order valence-corrected chi connectivity index (χ2v) is 5.16. The summed E-state index contributed by atoms with van der Waals surface area (Å²) in [5, 5.41) is 2.67. The van der Waals surface area contributed by atoms with Gasteiger partial charge in [0.15, 0.2) is 0 Å². The molecule has 0 radical (unpaired) electrons. The van der Waals surface area contributed by atoms with Gasteiger partial charge in [-0.05, 0) is 43.7 Å². The number of amides is 1. The molecule has 0 aliphatic carbocycles. The fraction of sp³-hybridized carbons (Fsp3) is 0.200. The van der Waals surface area contributed by atoms with Gasteiger partial charge in [0.25, 0.3) is 11.5 Å². The van der Waals surface area contributed by atoms with Gasteiger partial charge in [0.1, 0.15) is 11.4 Å². The molecule has 0 saturated heterocycles. The predicted octanol–water partition coefficient (Wildman–Crippen LogP) is 2.97. The van der Waals surface area contributed by atoms with Crippen molar-refractivity contribution in [2.45, 2.75) is 19.9 Å². The van der Waals surface area contributed by atoms with Crippen molar-refractivity contribution in [2.75, 3.05) is 0 Å². The van der Waals surface area contributed by atoms with Gasteiger partial charge in [-0.3, -0.25) is 9.59 Å². The van der Waals surface area contributed by atoms with Crippen molar-refractivity contribution >= 4 is 17.5 Å². The summed E-state index contributed by atoms with van der Waals surface area (Å²) in [4.78, 5) is 26.3. The lowest BCUT2D eigenvalue weighted by molar-refractivity contribution is 0.0938. The number of carbonyl (C=O) groups is 1. The Morgan fingerprint density at radius 3 is 2.67 bits per heavy atom. The quantitative estimate of drug-likeness (QED) is 0.915. The summed E-state index contributed by atoms with van der Waals surface area (Å²) in [6.45, 7) is 3.45. The summed E-state index contributed by atoms with van der Waals surface area (Å²) in [6, 6.07) is 6.92. The molecular weight excluding hydrogens is 295 g/mol. The first-order valence-electron chi connectivity index (χ1n) is 6.34. The van der Waals surface area contributed by atoms with Crippen LogP contribution in [-0.4, -0.2) is 10.9 Å². The van der Waals surface area contributed by atoms with Crippen LogP contribution in [0.3, 0.4) is 0 Å². The minimum atomic E-state index is -0.520. The molecule has 0 aliphatic heterocycles. The molecule has 0 aliphatic rings. The third-order valence-corrected chi connectivity index (χ3v) is 3.38. The molecule has 1 unspecified atom stereocenters. The van der Waals surface area contributed by atoms with Crippen LogP contribution in [0.25, 0.3) is 0 Å². The monoisotopic (exact) mass is 308 g/mol. The molecule has 0 saturated carbocycles. The number of pyridine rings is 1. The minimum absolute atomic E-state index is 0.0122. The molecule has 2 aromatic rings. The largest absolute Gasteiger partial charge is 0.345 e. The lowest BCUT2D eigenvalue weighted by atomic mass is 10.1. The fourth-order valence-corrected chi connectivity index (χ4v) is 2.08. The molecule has 6 heteroatoms. The Morgan fingerprint density at radius 1 is 1.33 bits per heavy atom. The number of nitrogens with one attached hydrogen (secondary N) is 2. The van der Waals surface area contributed by atoms with Gasteiger partial charge in [-0.2, -0.15) is 0 Å². The highest BCUT2D eigenvalue weighted by molar-refractivity contribution is 6.30. The first-order valence-corrected chi connectivity index (χ1v) is 6.72. The van der Waals surface area contributed by atoms with Gasteiger partial charge in [-0.1, -0.05) is 17.7 Å². The van der Waals surface area contributed by atoms with Gasteiger partial charge in [0, 0.05) is 5.69 Å². The molecule has 0 bridgehead atoms. The van der Waals surface area contributed by atoms with Crippen LogP contribution in [0.15, 0.2) is 35.1 Å². The molecule has 1 atom stereocenters. The Labute approximate surface area is 126 Å². The zero-order chi connectivity index (χ0) is 15.6. The summed E-state index contributed by atoms with van der Waals surface area (Å²) in [5.41, 5.74) is 0.908. The number of H-pyrrole nitrogens is 1. The van der Waals surface area contributed by atoms with Gasteiger partial charge >= 0.3 is 0 Å². The molecule has 21 heavy (non-hydrogen) atoms. The van der Waals surface area contributed by atoms with Crippen molar-refractivity contribution in [1.82, 2.24) is 10.3 Å². The fourth-order valence-electron chi connectivity index (χ4n) is 1.89. The second-order valence-electron chi connectivity index (χ2n) is 4.75. The summed E-state index contributed by atoms with van der Waals surface area (Å²) in [7, 11) is 0. The van der Waals surface area contributed by atoms with E-state index in [0.717, 1.165) is 0 Å². The molecule has 1 heterocycles. The number of aromatic nitrogens is 1. The van der Waals surface area contributed by atoms with Gasteiger partial charge < -0.3 is 10.3 Å². The zero-order valence-corrected chi connectivity index (χ0v) is 12.3. The normalized spacial score (nSPS) is 12.0. The third kappa shape index (κ3) is 3.49. The van der Waals surface area contributed by atoms with E-state index in [2.05, 4.69) is 10.3 Å². The summed E-state index contributed by atoms with van der Waals surface area (Å²) < 4.78 is 13.1. The number of aromatic amines is 1. The molecular formula is C15H14ClFN2O2. The molecule has 1 aromatic heterocycles. The number of carbonyl (C=O) groups excluding carboxylic acids is 1. The predicted molar refractivity (Wildman–Crippen MR) is 79.1 cm³/mol. The van der Waals surface area contributed by atoms with Crippen molar-refractivity contribution in [1.29, 1.82) is 0 Å². The molecule has 4 nitrogen and oxygen atoms in total. The molecule has 2 N–H and O–H groups in total. The van der Waals surface area contributed by atoms with Gasteiger partial charge in [-0.25, -0.2) is 4.39 Å². The highest BCUT2D eigenvalue weighted by atomic mass is 35.5. The average molecular weight is 309 g/mol. The molecule has 1 amide bonds. The van der Waals surface area contributed by atoms with E-state index in [1.54, 1.807) is 19.9 Å². The van der Waals surface area contributed by atoms with Crippen molar-refractivity contribution in [3.8, 4) is 0 Å². The maximum atomic E-state index is 13.1. The van der Waals surface area contributed by atoms with E-state index in [1.807, 2.05) is 0 Å². The number of hydrogen-bond acceptors (Lipinski definition) is 2. The first-order chi connectivity index (χ1) is 9.88. The van der Waals surface area contributed by atoms with Crippen LogP contribution in [0.2, 0.25) is 5.02 Å². The highest BCUT2D eigenvalue weighted by Crippen LogP contribution is 2.20. The Kier molecular flexibility index (Phi) is 4.43. The number of hydrogen-bond donors (Lipinski definition) is 2. The summed E-state index contributed by atoms with van der Waals surface area (Å²) >= 11 is 5.71. The zero-order valence-electron chi connectivity index (χ0n) is 11.5. The molecule has 2 rings (SSSR count). The summed E-state index contributed by atoms with van der Waals surface area (Å²) in [5.74, 6) is -1.02. The third-order valence-electron chi connectivity index (χ3n) is 3.09. The van der Waals surface area contributed by atoms with Crippen LogP contribution in [0.5, 0.6) is 0 Å².